The van der Waals surface area contributed by atoms with E-state index < -0.39 is 28.8 Å². The number of benzene rings is 2. The number of anilines is 2. The number of rotatable bonds is 4. The van der Waals surface area contributed by atoms with Gasteiger partial charge in [-0.2, -0.15) is 18.3 Å². The number of alkyl halides is 3. The van der Waals surface area contributed by atoms with Gasteiger partial charge in [-0.3, -0.25) is 9.59 Å². The normalized spacial score (nSPS) is 13.9. The fourth-order valence-electron chi connectivity index (χ4n) is 3.84. The van der Waals surface area contributed by atoms with E-state index in [1.54, 1.807) is 12.1 Å². The topological polar surface area (TPSA) is 67.2 Å². The summed E-state index contributed by atoms with van der Waals surface area (Å²) in [5, 5.41) is 6.73. The number of halogens is 3. The van der Waals surface area contributed by atoms with Gasteiger partial charge in [0.1, 0.15) is 0 Å². The van der Waals surface area contributed by atoms with Crippen molar-refractivity contribution in [2.75, 3.05) is 23.3 Å². The number of aryl methyl sites for hydroxylation is 1. The molecule has 1 fully saturated rings. The van der Waals surface area contributed by atoms with Crippen molar-refractivity contribution in [2.45, 2.75) is 25.9 Å². The highest BCUT2D eigenvalue weighted by Gasteiger charge is 2.34. The Morgan fingerprint density at radius 2 is 1.62 bits per heavy atom. The van der Waals surface area contributed by atoms with E-state index in [0.29, 0.717) is 5.69 Å². The fraction of sp³-hybridized carbons (Fsp3) is 0.261. The van der Waals surface area contributed by atoms with Crippen LogP contribution in [0.25, 0.3) is 5.69 Å². The molecule has 0 spiro atoms. The van der Waals surface area contributed by atoms with E-state index in [2.05, 4.69) is 15.3 Å². The quantitative estimate of drug-likeness (QED) is 0.650. The first-order valence-corrected chi connectivity index (χ1v) is 10.2. The average molecular weight is 442 g/mol. The smallest absolute Gasteiger partial charge is 0.370 e. The number of para-hydroxylation sites is 3. The molecule has 0 bridgehead atoms. The highest BCUT2D eigenvalue weighted by atomic mass is 19.4. The van der Waals surface area contributed by atoms with E-state index in [1.807, 2.05) is 12.1 Å². The van der Waals surface area contributed by atoms with E-state index >= 15 is 0 Å². The highest BCUT2D eigenvalue weighted by molar-refractivity contribution is 6.04. The Morgan fingerprint density at radius 3 is 2.31 bits per heavy atom. The lowest BCUT2D eigenvalue weighted by Gasteiger charge is -2.21. The SMILES string of the molecule is Cc1cc(=O)c(C(=O)Nc2ccccc2N2CCCC2)nn1-c1ccccc1C(F)(F)F. The van der Waals surface area contributed by atoms with Crippen molar-refractivity contribution in [3.63, 3.8) is 0 Å². The molecule has 2 aromatic carbocycles. The molecule has 0 radical (unpaired) electrons. The van der Waals surface area contributed by atoms with Crippen LogP contribution in [0.15, 0.2) is 59.4 Å². The number of nitrogens with one attached hydrogen (secondary N) is 1. The third kappa shape index (κ3) is 4.23. The lowest BCUT2D eigenvalue weighted by atomic mass is 10.1. The van der Waals surface area contributed by atoms with Crippen molar-refractivity contribution in [3.8, 4) is 5.69 Å². The molecular formula is C23H21F3N4O2. The van der Waals surface area contributed by atoms with Crippen LogP contribution in [0.4, 0.5) is 24.5 Å². The van der Waals surface area contributed by atoms with E-state index in [1.165, 1.54) is 25.1 Å². The lowest BCUT2D eigenvalue weighted by molar-refractivity contribution is -0.137. The number of hydrogen-bond acceptors (Lipinski definition) is 4. The second-order valence-electron chi connectivity index (χ2n) is 7.59. The minimum Gasteiger partial charge on any atom is -0.370 e. The van der Waals surface area contributed by atoms with Crippen molar-refractivity contribution in [3.05, 3.63) is 81.8 Å². The van der Waals surface area contributed by atoms with Gasteiger partial charge in [-0.15, -0.1) is 0 Å². The molecule has 1 aliphatic rings. The Kier molecular flexibility index (Phi) is 5.73. The molecule has 1 N–H and O–H groups in total. The third-order valence-electron chi connectivity index (χ3n) is 5.36. The van der Waals surface area contributed by atoms with E-state index in [-0.39, 0.29) is 11.4 Å². The highest BCUT2D eigenvalue weighted by Crippen LogP contribution is 2.34. The van der Waals surface area contributed by atoms with Crippen LogP contribution >= 0.6 is 0 Å². The van der Waals surface area contributed by atoms with Gasteiger partial charge in [0.2, 0.25) is 5.43 Å². The molecule has 1 saturated heterocycles. The van der Waals surface area contributed by atoms with Crippen LogP contribution in [0.2, 0.25) is 0 Å². The number of nitrogens with zero attached hydrogens (tertiary/aromatic N) is 3. The van der Waals surface area contributed by atoms with Crippen molar-refractivity contribution >= 4 is 17.3 Å². The summed E-state index contributed by atoms with van der Waals surface area (Å²) in [7, 11) is 0. The zero-order valence-electron chi connectivity index (χ0n) is 17.3. The minimum absolute atomic E-state index is 0.181. The number of carbonyl (C=O) groups is 1. The maximum atomic E-state index is 13.5. The molecule has 1 amide bonds. The van der Waals surface area contributed by atoms with Crippen molar-refractivity contribution in [1.29, 1.82) is 0 Å². The summed E-state index contributed by atoms with van der Waals surface area (Å²) in [6, 6.07) is 13.2. The molecule has 0 unspecified atom stereocenters. The molecule has 1 aromatic heterocycles. The summed E-state index contributed by atoms with van der Waals surface area (Å²) in [5.41, 5.74) is -0.797. The Bertz CT molecular complexity index is 1210. The molecule has 9 heteroatoms. The maximum Gasteiger partial charge on any atom is 0.418 e. The van der Waals surface area contributed by atoms with Gasteiger partial charge in [-0.25, -0.2) is 4.68 Å². The number of aromatic nitrogens is 2. The lowest BCUT2D eigenvalue weighted by Crippen LogP contribution is -2.28. The summed E-state index contributed by atoms with van der Waals surface area (Å²) < 4.78 is 41.5. The Morgan fingerprint density at radius 1 is 1.00 bits per heavy atom. The van der Waals surface area contributed by atoms with Crippen LogP contribution in [0.3, 0.4) is 0 Å². The Labute approximate surface area is 182 Å². The number of carbonyl (C=O) groups excluding carboxylic acids is 1. The third-order valence-corrected chi connectivity index (χ3v) is 5.36. The molecule has 6 nitrogen and oxygen atoms in total. The van der Waals surface area contributed by atoms with Gasteiger partial charge in [0.15, 0.2) is 5.69 Å². The van der Waals surface area contributed by atoms with Gasteiger partial charge >= 0.3 is 6.18 Å². The van der Waals surface area contributed by atoms with Gasteiger partial charge in [0.25, 0.3) is 5.91 Å². The van der Waals surface area contributed by atoms with Crippen LogP contribution in [0, 0.1) is 6.92 Å². The van der Waals surface area contributed by atoms with Gasteiger partial charge < -0.3 is 10.2 Å². The maximum absolute atomic E-state index is 13.5. The first kappa shape index (κ1) is 21.6. The van der Waals surface area contributed by atoms with Crippen LogP contribution < -0.4 is 15.6 Å². The molecule has 1 aliphatic heterocycles. The molecule has 0 saturated carbocycles. The molecule has 32 heavy (non-hydrogen) atoms. The van der Waals surface area contributed by atoms with Gasteiger partial charge in [-0.1, -0.05) is 24.3 Å². The van der Waals surface area contributed by atoms with Crippen LogP contribution in [-0.4, -0.2) is 28.8 Å². The second-order valence-corrected chi connectivity index (χ2v) is 7.59. The van der Waals surface area contributed by atoms with E-state index in [0.717, 1.165) is 48.4 Å². The summed E-state index contributed by atoms with van der Waals surface area (Å²) >= 11 is 0. The molecule has 4 rings (SSSR count). The summed E-state index contributed by atoms with van der Waals surface area (Å²) in [4.78, 5) is 27.6. The standard InChI is InChI=1S/C23H21F3N4O2/c1-15-14-20(31)21(28-30(15)18-10-4-2-8-16(18)23(24,25)26)22(32)27-17-9-3-5-11-19(17)29-12-6-7-13-29/h2-5,8-11,14H,6-7,12-13H2,1H3,(H,27,32). The Balaban J connectivity index is 1.73. The molecule has 3 aromatic rings. The molecule has 2 heterocycles. The summed E-state index contributed by atoms with van der Waals surface area (Å²) in [5.74, 6) is -0.778. The zero-order chi connectivity index (χ0) is 22.9. The molecular weight excluding hydrogens is 421 g/mol. The average Bonchev–Trinajstić information content (AvgIpc) is 3.28. The zero-order valence-corrected chi connectivity index (χ0v) is 17.3. The molecule has 166 valence electrons. The first-order chi connectivity index (χ1) is 15.3. The summed E-state index contributed by atoms with van der Waals surface area (Å²) in [6.45, 7) is 3.18. The first-order valence-electron chi connectivity index (χ1n) is 10.2. The number of hydrogen-bond donors (Lipinski definition) is 1. The molecule has 0 atom stereocenters. The summed E-state index contributed by atoms with van der Waals surface area (Å²) in [6.07, 6.45) is -2.53. The monoisotopic (exact) mass is 442 g/mol. The number of amides is 1. The predicted molar refractivity (Wildman–Crippen MR) is 115 cm³/mol. The van der Waals surface area contributed by atoms with Crippen molar-refractivity contribution in [2.24, 2.45) is 0 Å². The molecule has 0 aliphatic carbocycles. The predicted octanol–water partition coefficient (Wildman–Crippen LogP) is 4.41. The van der Waals surface area contributed by atoms with Gasteiger partial charge in [0, 0.05) is 24.8 Å². The minimum atomic E-state index is -4.62. The van der Waals surface area contributed by atoms with Crippen molar-refractivity contribution < 1.29 is 18.0 Å². The van der Waals surface area contributed by atoms with Gasteiger partial charge in [0.05, 0.1) is 22.6 Å². The van der Waals surface area contributed by atoms with Gasteiger partial charge in [-0.05, 0) is 44.0 Å². The van der Waals surface area contributed by atoms with Crippen molar-refractivity contribution in [1.82, 2.24) is 9.78 Å². The van der Waals surface area contributed by atoms with Crippen LogP contribution in [0.5, 0.6) is 0 Å². The van der Waals surface area contributed by atoms with Crippen LogP contribution in [-0.2, 0) is 6.18 Å². The van der Waals surface area contributed by atoms with Crippen LogP contribution in [0.1, 0.15) is 34.6 Å². The second kappa shape index (κ2) is 8.49. The Hall–Kier alpha value is -3.62. The van der Waals surface area contributed by atoms with E-state index in [9.17, 15) is 22.8 Å². The fourth-order valence-corrected chi connectivity index (χ4v) is 3.84. The largest absolute Gasteiger partial charge is 0.418 e. The van der Waals surface area contributed by atoms with E-state index in [4.69, 9.17) is 0 Å².